The van der Waals surface area contributed by atoms with Crippen LogP contribution in [-0.2, 0) is 0 Å². The fraction of sp³-hybridized carbons (Fsp3) is 0.750. The molecule has 1 N–H and O–H groups in total. The Hall–Kier alpha value is 0.630. The van der Waals surface area contributed by atoms with E-state index in [1.165, 1.54) is 6.92 Å². The Kier molecular flexibility index (Phi) is 4.10. The molecule has 1 unspecified atom stereocenters. The Morgan fingerprint density at radius 3 is 2.00 bits per heavy atom. The van der Waals surface area contributed by atoms with E-state index in [9.17, 15) is 0 Å². The number of oxime groups is 1. The highest BCUT2D eigenvalue weighted by Crippen LogP contribution is 2.34. The molecule has 10 heavy (non-hydrogen) atoms. The number of alkyl halides is 4. The fourth-order valence-corrected chi connectivity index (χ4v) is 0.805. The monoisotopic (exact) mass is 223 g/mol. The third kappa shape index (κ3) is 3.15. The Bertz CT molecular complexity index is 141. The van der Waals surface area contributed by atoms with E-state index < -0.39 is 9.17 Å². The molecule has 0 amide bonds. The Labute approximate surface area is 78.7 Å². The minimum Gasteiger partial charge on any atom is -0.411 e. The molecule has 1 atom stereocenters. The summed E-state index contributed by atoms with van der Waals surface area (Å²) >= 11 is 21.6. The predicted octanol–water partition coefficient (Wildman–Crippen LogP) is 2.81. The highest BCUT2D eigenvalue weighted by molar-refractivity contribution is 6.71. The molecule has 0 aromatic rings. The van der Waals surface area contributed by atoms with Crippen LogP contribution in [0, 0.1) is 0 Å². The maximum absolute atomic E-state index is 8.20. The first-order valence-corrected chi connectivity index (χ1v) is 3.86. The van der Waals surface area contributed by atoms with Crippen LogP contribution in [-0.4, -0.2) is 20.1 Å². The second kappa shape index (κ2) is 3.86. The van der Waals surface area contributed by atoms with Crippen molar-refractivity contribution in [2.45, 2.75) is 16.1 Å². The van der Waals surface area contributed by atoms with Crippen LogP contribution in [0.3, 0.4) is 0 Å². The quantitative estimate of drug-likeness (QED) is 0.316. The first-order chi connectivity index (χ1) is 4.39. The second-order valence-corrected chi connectivity index (χ2v) is 4.45. The van der Waals surface area contributed by atoms with Gasteiger partial charge in [0.1, 0.15) is 5.38 Å². The van der Waals surface area contributed by atoms with Gasteiger partial charge in [-0.1, -0.05) is 40.0 Å². The fourth-order valence-electron chi connectivity index (χ4n) is 0.288. The average molecular weight is 225 g/mol. The molecular weight excluding hydrogens is 220 g/mol. The minimum absolute atomic E-state index is 0.168. The summed E-state index contributed by atoms with van der Waals surface area (Å²) in [6.07, 6.45) is 0. The standard InChI is InChI=1S/C4H5Cl4NO/c1-2(9-10)3(5)4(6,7)8/h3,10H,1H3. The summed E-state index contributed by atoms with van der Waals surface area (Å²) in [5.41, 5.74) is 0.168. The number of hydrogen-bond acceptors (Lipinski definition) is 2. The Morgan fingerprint density at radius 2 is 1.90 bits per heavy atom. The van der Waals surface area contributed by atoms with Crippen LogP contribution < -0.4 is 0 Å². The van der Waals surface area contributed by atoms with Gasteiger partial charge in [0.25, 0.3) is 0 Å². The largest absolute Gasteiger partial charge is 0.411 e. The van der Waals surface area contributed by atoms with Crippen molar-refractivity contribution >= 4 is 52.1 Å². The lowest BCUT2D eigenvalue weighted by atomic mass is 10.3. The molecule has 0 aromatic heterocycles. The van der Waals surface area contributed by atoms with Crippen LogP contribution in [0.2, 0.25) is 0 Å². The van der Waals surface area contributed by atoms with Gasteiger partial charge in [-0.05, 0) is 6.92 Å². The molecule has 2 nitrogen and oxygen atoms in total. The summed E-state index contributed by atoms with van der Waals surface area (Å²) in [5, 5.41) is 10.1. The van der Waals surface area contributed by atoms with E-state index >= 15 is 0 Å². The van der Waals surface area contributed by atoms with Crippen molar-refractivity contribution < 1.29 is 5.21 Å². The summed E-state index contributed by atoms with van der Waals surface area (Å²) in [4.78, 5) is 0. The molecule has 0 aliphatic rings. The van der Waals surface area contributed by atoms with E-state index in [0.29, 0.717) is 0 Å². The summed E-state index contributed by atoms with van der Waals surface area (Å²) in [7, 11) is 0. The Morgan fingerprint density at radius 1 is 1.50 bits per heavy atom. The van der Waals surface area contributed by atoms with Crippen molar-refractivity contribution in [2.75, 3.05) is 0 Å². The van der Waals surface area contributed by atoms with E-state index in [4.69, 9.17) is 51.6 Å². The van der Waals surface area contributed by atoms with Gasteiger partial charge in [0.15, 0.2) is 0 Å². The maximum atomic E-state index is 8.20. The third-order valence-corrected chi connectivity index (χ3v) is 2.44. The van der Waals surface area contributed by atoms with Crippen molar-refractivity contribution in [2.24, 2.45) is 5.16 Å². The summed E-state index contributed by atoms with van der Waals surface area (Å²) in [5.74, 6) is 0. The van der Waals surface area contributed by atoms with Crippen LogP contribution in [0.4, 0.5) is 0 Å². The van der Waals surface area contributed by atoms with Gasteiger partial charge >= 0.3 is 0 Å². The van der Waals surface area contributed by atoms with Gasteiger partial charge in [0, 0.05) is 0 Å². The summed E-state index contributed by atoms with van der Waals surface area (Å²) in [6.45, 7) is 1.46. The van der Waals surface area contributed by atoms with Crippen LogP contribution in [0.1, 0.15) is 6.92 Å². The van der Waals surface area contributed by atoms with Crippen LogP contribution in [0.5, 0.6) is 0 Å². The van der Waals surface area contributed by atoms with Crippen LogP contribution >= 0.6 is 46.4 Å². The lowest BCUT2D eigenvalue weighted by molar-refractivity contribution is 0.317. The van der Waals surface area contributed by atoms with Gasteiger partial charge in [0.05, 0.1) is 5.71 Å². The number of halogens is 4. The zero-order valence-electron chi connectivity index (χ0n) is 4.98. The number of nitrogens with zero attached hydrogens (tertiary/aromatic N) is 1. The number of hydrogen-bond donors (Lipinski definition) is 1. The molecule has 0 radical (unpaired) electrons. The predicted molar refractivity (Wildman–Crippen MR) is 44.8 cm³/mol. The molecule has 0 saturated heterocycles. The summed E-state index contributed by atoms with van der Waals surface area (Å²) < 4.78 is -1.63. The SMILES string of the molecule is CC(=NO)C(Cl)C(Cl)(Cl)Cl. The molecule has 0 saturated carbocycles. The molecule has 0 heterocycles. The zero-order chi connectivity index (χ0) is 8.36. The van der Waals surface area contributed by atoms with E-state index in [-0.39, 0.29) is 5.71 Å². The normalized spacial score (nSPS) is 17.1. The molecule has 0 spiro atoms. The molecule has 0 rings (SSSR count). The minimum atomic E-state index is -1.63. The van der Waals surface area contributed by atoms with E-state index in [2.05, 4.69) is 5.16 Å². The lowest BCUT2D eigenvalue weighted by Crippen LogP contribution is -2.26. The van der Waals surface area contributed by atoms with Gasteiger partial charge in [-0.15, -0.1) is 11.6 Å². The molecule has 0 aliphatic carbocycles. The first-order valence-electron chi connectivity index (χ1n) is 2.29. The van der Waals surface area contributed by atoms with Gasteiger partial charge in [-0.2, -0.15) is 0 Å². The molecule has 0 aliphatic heterocycles. The van der Waals surface area contributed by atoms with Gasteiger partial charge in [-0.25, -0.2) is 0 Å². The highest BCUT2D eigenvalue weighted by atomic mass is 35.6. The van der Waals surface area contributed by atoms with Gasteiger partial charge in [0.2, 0.25) is 3.79 Å². The molecule has 0 bridgehead atoms. The topological polar surface area (TPSA) is 32.6 Å². The Balaban J connectivity index is 4.23. The smallest absolute Gasteiger partial charge is 0.212 e. The highest BCUT2D eigenvalue weighted by Gasteiger charge is 2.33. The van der Waals surface area contributed by atoms with Crippen molar-refractivity contribution in [3.63, 3.8) is 0 Å². The van der Waals surface area contributed by atoms with Crippen molar-refractivity contribution in [1.82, 2.24) is 0 Å². The zero-order valence-corrected chi connectivity index (χ0v) is 8.01. The average Bonchev–Trinajstić information content (AvgIpc) is 1.83. The second-order valence-electron chi connectivity index (χ2n) is 1.65. The molecule has 60 valence electrons. The van der Waals surface area contributed by atoms with E-state index in [1.807, 2.05) is 0 Å². The first kappa shape index (κ1) is 10.6. The molecular formula is C4H5Cl4NO. The summed E-state index contributed by atoms with van der Waals surface area (Å²) in [6, 6.07) is 0. The molecule has 0 fully saturated rings. The maximum Gasteiger partial charge on any atom is 0.212 e. The van der Waals surface area contributed by atoms with Crippen LogP contribution in [0.25, 0.3) is 0 Å². The van der Waals surface area contributed by atoms with E-state index in [0.717, 1.165) is 0 Å². The third-order valence-electron chi connectivity index (χ3n) is 0.812. The molecule has 0 aromatic carbocycles. The van der Waals surface area contributed by atoms with Gasteiger partial charge in [-0.3, -0.25) is 0 Å². The van der Waals surface area contributed by atoms with Crippen molar-refractivity contribution in [3.8, 4) is 0 Å². The van der Waals surface area contributed by atoms with Crippen LogP contribution in [0.15, 0.2) is 5.16 Å². The molecule has 6 heteroatoms. The number of rotatable bonds is 1. The van der Waals surface area contributed by atoms with Gasteiger partial charge < -0.3 is 5.21 Å². The lowest BCUT2D eigenvalue weighted by Gasteiger charge is -2.15. The van der Waals surface area contributed by atoms with Crippen molar-refractivity contribution in [3.05, 3.63) is 0 Å². The van der Waals surface area contributed by atoms with E-state index in [1.54, 1.807) is 0 Å². The van der Waals surface area contributed by atoms with Crippen molar-refractivity contribution in [1.29, 1.82) is 0 Å².